The fourth-order valence-electron chi connectivity index (χ4n) is 7.40. The number of nitrogens with zero attached hydrogens (tertiary/aromatic N) is 4. The highest BCUT2D eigenvalue weighted by molar-refractivity contribution is 5.87. The SMILES string of the molecule is C=C1CCN(C(=O)[C@@H](NC(=O)OC)C(C)C)[C@@H]1c1ncc(-c2ccc(-c3ccc(-c4nc([C@@H]5CCCN5C(=O)[C@@H](NC(=O)OC)C(C)C)[nH]c4F)cc3)cc2)[nH]1. The Morgan fingerprint density at radius 2 is 1.32 bits per heavy atom. The first-order valence-corrected chi connectivity index (χ1v) is 18.8. The zero-order valence-corrected chi connectivity index (χ0v) is 32.5. The average molecular weight is 769 g/mol. The van der Waals surface area contributed by atoms with Gasteiger partial charge < -0.3 is 39.9 Å². The number of imidazole rings is 2. The predicted molar refractivity (Wildman–Crippen MR) is 207 cm³/mol. The van der Waals surface area contributed by atoms with Crippen LogP contribution in [0, 0.1) is 17.8 Å². The Morgan fingerprint density at radius 3 is 1.88 bits per heavy atom. The summed E-state index contributed by atoms with van der Waals surface area (Å²) in [6.45, 7) is 12.6. The number of rotatable bonds is 11. The zero-order valence-electron chi connectivity index (χ0n) is 32.5. The van der Waals surface area contributed by atoms with Gasteiger partial charge >= 0.3 is 12.2 Å². The standard InChI is InChI=1S/C41H49FN8O6/c1-22(2)31(46-40(53)55-6)38(51)49-19-8-9-30(49)36-45-33(35(42)48-36)28-16-12-26(13-17-28)25-10-14-27(15-11-25)29-21-43-37(44-29)34-24(5)18-20-50(34)39(52)32(23(3)4)47-41(54)56-7/h10-17,21-23,30-32,34H,5,8-9,18-20H2,1-4,6-7H3,(H,43,44)(H,45,48)(H,46,53)(H,47,54)/t30-,31-,32-,34-/m0/s1. The molecule has 15 heteroatoms. The molecule has 4 heterocycles. The van der Waals surface area contributed by atoms with Crippen LogP contribution in [0.2, 0.25) is 0 Å². The molecule has 2 fully saturated rings. The van der Waals surface area contributed by atoms with Crippen molar-refractivity contribution >= 4 is 24.0 Å². The molecule has 4 N–H and O–H groups in total. The van der Waals surface area contributed by atoms with E-state index in [0.29, 0.717) is 43.1 Å². The number of halogens is 1. The number of H-pyrrole nitrogens is 2. The number of aromatic nitrogens is 4. The minimum absolute atomic E-state index is 0.160. The molecular formula is C41H49FN8O6. The maximum atomic E-state index is 15.4. The van der Waals surface area contributed by atoms with Crippen LogP contribution in [0.25, 0.3) is 33.6 Å². The van der Waals surface area contributed by atoms with Crippen molar-refractivity contribution in [1.82, 2.24) is 40.4 Å². The Hall–Kier alpha value is -5.99. The average Bonchev–Trinajstić information content (AvgIpc) is 4.02. The smallest absolute Gasteiger partial charge is 0.407 e. The molecule has 0 unspecified atom stereocenters. The molecule has 2 aliphatic rings. The largest absolute Gasteiger partial charge is 0.453 e. The fourth-order valence-corrected chi connectivity index (χ4v) is 7.40. The normalized spacial score (nSPS) is 18.0. The number of hydrogen-bond donors (Lipinski definition) is 4. The van der Waals surface area contributed by atoms with Gasteiger partial charge in [0.2, 0.25) is 17.8 Å². The number of ether oxygens (including phenoxy) is 2. The lowest BCUT2D eigenvalue weighted by atomic mass is 10.0. The minimum atomic E-state index is -0.789. The van der Waals surface area contributed by atoms with Gasteiger partial charge in [-0.2, -0.15) is 4.39 Å². The summed E-state index contributed by atoms with van der Waals surface area (Å²) in [6, 6.07) is 12.9. The number of aromatic amines is 2. The summed E-state index contributed by atoms with van der Waals surface area (Å²) in [5.74, 6) is -0.475. The van der Waals surface area contributed by atoms with E-state index in [1.807, 2.05) is 76.2 Å². The first-order valence-electron chi connectivity index (χ1n) is 18.8. The van der Waals surface area contributed by atoms with Gasteiger partial charge in [0, 0.05) is 18.7 Å². The van der Waals surface area contributed by atoms with Crippen LogP contribution >= 0.6 is 0 Å². The molecule has 0 bridgehead atoms. The van der Waals surface area contributed by atoms with Crippen LogP contribution in [0.5, 0.6) is 0 Å². The molecule has 2 saturated heterocycles. The van der Waals surface area contributed by atoms with Gasteiger partial charge in [-0.25, -0.2) is 19.6 Å². The Balaban J connectivity index is 1.14. The van der Waals surface area contributed by atoms with E-state index in [-0.39, 0.29) is 29.3 Å². The molecule has 0 spiro atoms. The summed E-state index contributed by atoms with van der Waals surface area (Å²) in [6.07, 6.45) is 2.33. The van der Waals surface area contributed by atoms with Crippen LogP contribution < -0.4 is 10.6 Å². The van der Waals surface area contributed by atoms with E-state index < -0.39 is 42.3 Å². The number of alkyl carbamates (subject to hydrolysis) is 2. The van der Waals surface area contributed by atoms with Crippen LogP contribution in [-0.4, -0.2) is 93.1 Å². The van der Waals surface area contributed by atoms with Crippen LogP contribution in [0.4, 0.5) is 14.0 Å². The second-order valence-corrected chi connectivity index (χ2v) is 14.9. The summed E-state index contributed by atoms with van der Waals surface area (Å²) in [7, 11) is 2.51. The number of nitrogens with one attached hydrogen (secondary N) is 4. The van der Waals surface area contributed by atoms with Gasteiger partial charge in [-0.15, -0.1) is 0 Å². The van der Waals surface area contributed by atoms with Crippen LogP contribution in [0.15, 0.2) is 66.9 Å². The van der Waals surface area contributed by atoms with Gasteiger partial charge in [0.25, 0.3) is 0 Å². The zero-order chi connectivity index (χ0) is 40.3. The first-order chi connectivity index (χ1) is 26.8. The summed E-state index contributed by atoms with van der Waals surface area (Å²) in [5, 5.41) is 5.29. The van der Waals surface area contributed by atoms with Crippen molar-refractivity contribution in [3.63, 3.8) is 0 Å². The number of carbonyl (C=O) groups is 4. The monoisotopic (exact) mass is 768 g/mol. The summed E-state index contributed by atoms with van der Waals surface area (Å²) >= 11 is 0. The number of likely N-dealkylation sites (tertiary alicyclic amines) is 2. The van der Waals surface area contributed by atoms with E-state index >= 15 is 4.39 Å². The highest BCUT2D eigenvalue weighted by Crippen LogP contribution is 2.37. The Bertz CT molecular complexity index is 2080. The Labute approximate surface area is 325 Å². The van der Waals surface area contributed by atoms with Gasteiger partial charge in [-0.1, -0.05) is 82.8 Å². The van der Waals surface area contributed by atoms with Crippen LogP contribution in [-0.2, 0) is 19.1 Å². The lowest BCUT2D eigenvalue weighted by Crippen LogP contribution is -2.51. The molecule has 4 aromatic rings. The van der Waals surface area contributed by atoms with E-state index in [1.165, 1.54) is 14.2 Å². The molecule has 6 rings (SSSR count). The van der Waals surface area contributed by atoms with E-state index in [1.54, 1.807) is 16.0 Å². The van der Waals surface area contributed by atoms with Gasteiger partial charge in [0.05, 0.1) is 32.2 Å². The topological polar surface area (TPSA) is 175 Å². The number of carbonyl (C=O) groups excluding carboxylic acids is 4. The maximum absolute atomic E-state index is 15.4. The van der Waals surface area contributed by atoms with Crippen molar-refractivity contribution in [3.8, 4) is 33.6 Å². The van der Waals surface area contributed by atoms with Crippen molar-refractivity contribution in [2.75, 3.05) is 27.3 Å². The highest BCUT2D eigenvalue weighted by atomic mass is 19.1. The van der Waals surface area contributed by atoms with E-state index in [4.69, 9.17) is 9.47 Å². The third-order valence-corrected chi connectivity index (χ3v) is 10.5. The van der Waals surface area contributed by atoms with Crippen molar-refractivity contribution in [1.29, 1.82) is 0 Å². The maximum Gasteiger partial charge on any atom is 0.407 e. The molecule has 56 heavy (non-hydrogen) atoms. The summed E-state index contributed by atoms with van der Waals surface area (Å²) in [4.78, 5) is 69.8. The van der Waals surface area contributed by atoms with Gasteiger partial charge in [0.1, 0.15) is 35.5 Å². The number of hydrogen-bond acceptors (Lipinski definition) is 8. The quantitative estimate of drug-likeness (QED) is 0.125. The summed E-state index contributed by atoms with van der Waals surface area (Å²) in [5.41, 5.74) is 5.13. The van der Waals surface area contributed by atoms with E-state index in [9.17, 15) is 19.2 Å². The number of methoxy groups -OCH3 is 2. The van der Waals surface area contributed by atoms with E-state index in [0.717, 1.165) is 34.4 Å². The lowest BCUT2D eigenvalue weighted by molar-refractivity contribution is -0.136. The number of benzene rings is 2. The van der Waals surface area contributed by atoms with Crippen molar-refractivity contribution in [2.45, 2.75) is 71.1 Å². The molecule has 2 aliphatic heterocycles. The third-order valence-electron chi connectivity index (χ3n) is 10.5. The predicted octanol–water partition coefficient (Wildman–Crippen LogP) is 6.53. The molecule has 2 aromatic heterocycles. The molecule has 0 radical (unpaired) electrons. The van der Waals surface area contributed by atoms with Crippen molar-refractivity contribution in [2.24, 2.45) is 11.8 Å². The molecular weight excluding hydrogens is 719 g/mol. The molecule has 296 valence electrons. The first kappa shape index (κ1) is 39.7. The van der Waals surface area contributed by atoms with Crippen LogP contribution in [0.3, 0.4) is 0 Å². The van der Waals surface area contributed by atoms with Gasteiger partial charge in [0.15, 0.2) is 0 Å². The van der Waals surface area contributed by atoms with Gasteiger partial charge in [-0.3, -0.25) is 9.59 Å². The second-order valence-electron chi connectivity index (χ2n) is 14.9. The number of amides is 4. The fraction of sp³-hybridized carbons (Fsp3) is 0.415. The van der Waals surface area contributed by atoms with Crippen LogP contribution in [0.1, 0.15) is 70.7 Å². The Morgan fingerprint density at radius 1 is 0.786 bits per heavy atom. The lowest BCUT2D eigenvalue weighted by Gasteiger charge is -2.30. The van der Waals surface area contributed by atoms with Gasteiger partial charge in [-0.05, 0) is 53.4 Å². The second kappa shape index (κ2) is 16.8. The molecule has 4 amide bonds. The molecule has 0 aliphatic carbocycles. The van der Waals surface area contributed by atoms with E-state index in [2.05, 4.69) is 37.1 Å². The van der Waals surface area contributed by atoms with Crippen molar-refractivity contribution < 1.29 is 33.0 Å². The minimum Gasteiger partial charge on any atom is -0.453 e. The molecule has 4 atom stereocenters. The van der Waals surface area contributed by atoms with Crippen molar-refractivity contribution in [3.05, 3.63) is 84.5 Å². The third kappa shape index (κ3) is 8.16. The Kier molecular flexibility index (Phi) is 11.9. The molecule has 14 nitrogen and oxygen atoms in total. The molecule has 2 aromatic carbocycles. The summed E-state index contributed by atoms with van der Waals surface area (Å²) < 4.78 is 24.8. The highest BCUT2D eigenvalue weighted by Gasteiger charge is 2.40. The molecule has 0 saturated carbocycles.